The van der Waals surface area contributed by atoms with E-state index in [1.54, 1.807) is 0 Å². The van der Waals surface area contributed by atoms with E-state index < -0.39 is 5.97 Å². The Labute approximate surface area is 109 Å². The molecule has 1 unspecified atom stereocenters. The highest BCUT2D eigenvalue weighted by atomic mass is 32.2. The summed E-state index contributed by atoms with van der Waals surface area (Å²) in [5.74, 6) is 1.56. The van der Waals surface area contributed by atoms with Gasteiger partial charge in [0.25, 0.3) is 0 Å². The third-order valence-corrected chi connectivity index (χ3v) is 4.30. The second-order valence-corrected chi connectivity index (χ2v) is 6.08. The SMILES string of the molecule is CCSCCC(CC(=O)O)N1CCCCCC1. The average molecular weight is 259 g/mol. The van der Waals surface area contributed by atoms with Gasteiger partial charge in [0.05, 0.1) is 6.42 Å². The maximum Gasteiger partial charge on any atom is 0.304 e. The van der Waals surface area contributed by atoms with Crippen molar-refractivity contribution in [1.29, 1.82) is 0 Å². The number of carboxylic acids is 1. The lowest BCUT2D eigenvalue weighted by Gasteiger charge is -2.29. The molecule has 1 rings (SSSR count). The van der Waals surface area contributed by atoms with Crippen molar-refractivity contribution in [2.24, 2.45) is 0 Å². The molecule has 3 nitrogen and oxygen atoms in total. The van der Waals surface area contributed by atoms with Gasteiger partial charge in [-0.15, -0.1) is 0 Å². The fraction of sp³-hybridized carbons (Fsp3) is 0.923. The van der Waals surface area contributed by atoms with Gasteiger partial charge in [-0.2, -0.15) is 11.8 Å². The molecule has 1 fully saturated rings. The van der Waals surface area contributed by atoms with Crippen LogP contribution < -0.4 is 0 Å². The van der Waals surface area contributed by atoms with Gasteiger partial charge in [-0.25, -0.2) is 0 Å². The summed E-state index contributed by atoms with van der Waals surface area (Å²) in [6, 6.07) is 0.254. The van der Waals surface area contributed by atoms with Crippen LogP contribution in [0, 0.1) is 0 Å². The summed E-state index contributed by atoms with van der Waals surface area (Å²) in [7, 11) is 0. The van der Waals surface area contributed by atoms with Gasteiger partial charge in [0.2, 0.25) is 0 Å². The van der Waals surface area contributed by atoms with Crippen molar-refractivity contribution in [3.63, 3.8) is 0 Å². The second-order valence-electron chi connectivity index (χ2n) is 4.69. The topological polar surface area (TPSA) is 40.5 Å². The minimum absolute atomic E-state index is 0.254. The predicted molar refractivity (Wildman–Crippen MR) is 73.7 cm³/mol. The van der Waals surface area contributed by atoms with E-state index in [1.165, 1.54) is 25.7 Å². The Morgan fingerprint density at radius 3 is 2.47 bits per heavy atom. The molecule has 17 heavy (non-hydrogen) atoms. The first-order valence-electron chi connectivity index (χ1n) is 6.77. The Balaban J connectivity index is 2.43. The minimum Gasteiger partial charge on any atom is -0.481 e. The quantitative estimate of drug-likeness (QED) is 0.714. The normalized spacial score (nSPS) is 19.8. The zero-order chi connectivity index (χ0) is 12.5. The molecular formula is C13H25NO2S. The van der Waals surface area contributed by atoms with Crippen molar-refractivity contribution in [3.05, 3.63) is 0 Å². The first-order chi connectivity index (χ1) is 8.24. The number of thioether (sulfide) groups is 1. The van der Waals surface area contributed by atoms with Gasteiger partial charge in [-0.3, -0.25) is 9.69 Å². The second kappa shape index (κ2) is 8.81. The first-order valence-corrected chi connectivity index (χ1v) is 7.93. The van der Waals surface area contributed by atoms with Gasteiger partial charge >= 0.3 is 5.97 Å². The minimum atomic E-state index is -0.652. The summed E-state index contributed by atoms with van der Waals surface area (Å²) in [6.07, 6.45) is 6.41. The Bertz CT molecular complexity index is 215. The Morgan fingerprint density at radius 1 is 1.29 bits per heavy atom. The van der Waals surface area contributed by atoms with Gasteiger partial charge in [-0.05, 0) is 43.9 Å². The van der Waals surface area contributed by atoms with E-state index in [1.807, 2.05) is 11.8 Å². The zero-order valence-corrected chi connectivity index (χ0v) is 11.7. The molecule has 0 aromatic heterocycles. The van der Waals surface area contributed by atoms with E-state index in [0.29, 0.717) is 6.42 Å². The molecule has 1 heterocycles. The van der Waals surface area contributed by atoms with Crippen LogP contribution in [0.1, 0.15) is 45.4 Å². The number of carbonyl (C=O) groups is 1. The fourth-order valence-corrected chi connectivity index (χ4v) is 3.17. The maximum absolute atomic E-state index is 10.9. The molecule has 0 bridgehead atoms. The highest BCUT2D eigenvalue weighted by molar-refractivity contribution is 7.99. The van der Waals surface area contributed by atoms with Gasteiger partial charge < -0.3 is 5.11 Å². The molecule has 0 radical (unpaired) electrons. The zero-order valence-electron chi connectivity index (χ0n) is 10.9. The van der Waals surface area contributed by atoms with Crippen LogP contribution in [0.3, 0.4) is 0 Å². The lowest BCUT2D eigenvalue weighted by atomic mass is 10.1. The van der Waals surface area contributed by atoms with E-state index in [4.69, 9.17) is 5.11 Å². The highest BCUT2D eigenvalue weighted by Crippen LogP contribution is 2.18. The van der Waals surface area contributed by atoms with Crippen molar-refractivity contribution in [2.75, 3.05) is 24.6 Å². The van der Waals surface area contributed by atoms with Crippen molar-refractivity contribution in [3.8, 4) is 0 Å². The number of rotatable bonds is 7. The summed E-state index contributed by atoms with van der Waals surface area (Å²) < 4.78 is 0. The molecule has 0 aromatic rings. The van der Waals surface area contributed by atoms with Crippen LogP contribution in [0.2, 0.25) is 0 Å². The van der Waals surface area contributed by atoms with E-state index in [-0.39, 0.29) is 6.04 Å². The molecule has 100 valence electrons. The van der Waals surface area contributed by atoms with Crippen molar-refractivity contribution in [2.45, 2.75) is 51.5 Å². The maximum atomic E-state index is 10.9. The van der Waals surface area contributed by atoms with Crippen molar-refractivity contribution >= 4 is 17.7 Å². The number of hydrogen-bond acceptors (Lipinski definition) is 3. The van der Waals surface area contributed by atoms with Crippen LogP contribution in [-0.2, 0) is 4.79 Å². The van der Waals surface area contributed by atoms with Gasteiger partial charge in [0.1, 0.15) is 0 Å². The van der Waals surface area contributed by atoms with Crippen LogP contribution >= 0.6 is 11.8 Å². The van der Waals surface area contributed by atoms with E-state index in [2.05, 4.69) is 11.8 Å². The van der Waals surface area contributed by atoms with Crippen molar-refractivity contribution in [1.82, 2.24) is 4.90 Å². The number of likely N-dealkylation sites (tertiary alicyclic amines) is 1. The molecule has 4 heteroatoms. The predicted octanol–water partition coefficient (Wildman–Crippen LogP) is 2.85. The molecular weight excluding hydrogens is 234 g/mol. The molecule has 1 aliphatic heterocycles. The lowest BCUT2D eigenvalue weighted by molar-refractivity contribution is -0.138. The summed E-state index contributed by atoms with van der Waals surface area (Å²) in [4.78, 5) is 13.4. The average Bonchev–Trinajstić information content (AvgIpc) is 2.56. The number of hydrogen-bond donors (Lipinski definition) is 1. The summed E-state index contributed by atoms with van der Waals surface area (Å²) in [5, 5.41) is 9.01. The Kier molecular flexibility index (Phi) is 7.69. The highest BCUT2D eigenvalue weighted by Gasteiger charge is 2.21. The monoisotopic (exact) mass is 259 g/mol. The molecule has 1 aliphatic rings. The molecule has 1 atom stereocenters. The first kappa shape index (κ1) is 14.8. The molecule has 1 N–H and O–H groups in total. The third kappa shape index (κ3) is 6.32. The van der Waals surface area contributed by atoms with Crippen LogP contribution in [0.4, 0.5) is 0 Å². The summed E-state index contributed by atoms with van der Waals surface area (Å²) in [5.41, 5.74) is 0. The number of nitrogens with zero attached hydrogens (tertiary/aromatic N) is 1. The molecule has 0 aromatic carbocycles. The van der Waals surface area contributed by atoms with E-state index >= 15 is 0 Å². The summed E-state index contributed by atoms with van der Waals surface area (Å²) in [6.45, 7) is 4.34. The fourth-order valence-electron chi connectivity index (χ4n) is 2.44. The standard InChI is InChI=1S/C13H25NO2S/c1-2-17-10-7-12(11-13(15)16)14-8-5-3-4-6-9-14/h12H,2-11H2,1H3,(H,15,16). The molecule has 1 saturated heterocycles. The largest absolute Gasteiger partial charge is 0.481 e. The number of aliphatic carboxylic acids is 1. The van der Waals surface area contributed by atoms with E-state index in [0.717, 1.165) is 31.0 Å². The molecule has 0 aliphatic carbocycles. The van der Waals surface area contributed by atoms with Crippen LogP contribution in [0.5, 0.6) is 0 Å². The Hall–Kier alpha value is -0.220. The molecule has 0 spiro atoms. The Morgan fingerprint density at radius 2 is 1.94 bits per heavy atom. The van der Waals surface area contributed by atoms with Gasteiger partial charge in [0.15, 0.2) is 0 Å². The lowest BCUT2D eigenvalue weighted by Crippen LogP contribution is -2.38. The van der Waals surface area contributed by atoms with Gasteiger partial charge in [-0.1, -0.05) is 19.8 Å². The van der Waals surface area contributed by atoms with Crippen LogP contribution in [0.15, 0.2) is 0 Å². The van der Waals surface area contributed by atoms with Gasteiger partial charge in [0, 0.05) is 6.04 Å². The van der Waals surface area contributed by atoms with Crippen molar-refractivity contribution < 1.29 is 9.90 Å². The summed E-state index contributed by atoms with van der Waals surface area (Å²) >= 11 is 1.91. The van der Waals surface area contributed by atoms with E-state index in [9.17, 15) is 4.79 Å². The smallest absolute Gasteiger partial charge is 0.304 e. The number of carboxylic acid groups (broad SMARTS) is 1. The van der Waals surface area contributed by atoms with Crippen LogP contribution in [-0.4, -0.2) is 46.6 Å². The molecule has 0 saturated carbocycles. The molecule has 0 amide bonds. The van der Waals surface area contributed by atoms with Crippen LogP contribution in [0.25, 0.3) is 0 Å². The third-order valence-electron chi connectivity index (χ3n) is 3.37.